The first kappa shape index (κ1) is 26.2. The highest BCUT2D eigenvalue weighted by Gasteiger charge is 2.32. The summed E-state index contributed by atoms with van der Waals surface area (Å²) in [6.07, 6.45) is 6.27. The molecule has 2 amide bonds. The minimum atomic E-state index is -0.593. The number of benzene rings is 3. The summed E-state index contributed by atoms with van der Waals surface area (Å²) in [7, 11) is 0. The van der Waals surface area contributed by atoms with E-state index in [-0.39, 0.29) is 24.3 Å². The van der Waals surface area contributed by atoms with E-state index >= 15 is 0 Å². The Morgan fingerprint density at radius 2 is 1.61 bits per heavy atom. The molecule has 188 valence electrons. The molecule has 0 spiro atoms. The van der Waals surface area contributed by atoms with E-state index in [1.165, 1.54) is 6.42 Å². The monoisotopic (exact) mass is 546 g/mol. The number of halogens is 1. The van der Waals surface area contributed by atoms with Gasteiger partial charge < -0.3 is 10.2 Å². The molecule has 1 saturated carbocycles. The normalized spacial score (nSPS) is 14.7. The van der Waals surface area contributed by atoms with Crippen molar-refractivity contribution in [2.75, 3.05) is 0 Å². The molecular formula is C31H35BrN2O2. The largest absolute Gasteiger partial charge is 0.352 e. The number of nitrogens with one attached hydrogen (secondary N) is 1. The molecule has 1 aliphatic carbocycles. The minimum Gasteiger partial charge on any atom is -0.352 e. The highest BCUT2D eigenvalue weighted by atomic mass is 79.9. The molecule has 0 bridgehead atoms. The molecule has 3 aromatic rings. The molecule has 1 atom stereocenters. The summed E-state index contributed by atoms with van der Waals surface area (Å²) < 4.78 is 0.956. The van der Waals surface area contributed by atoms with E-state index in [9.17, 15) is 9.59 Å². The van der Waals surface area contributed by atoms with Crippen LogP contribution in [0.1, 0.15) is 54.4 Å². The number of carbonyl (C=O) groups is 2. The topological polar surface area (TPSA) is 49.4 Å². The Bertz CT molecular complexity index is 1160. The van der Waals surface area contributed by atoms with Gasteiger partial charge in [0.25, 0.3) is 0 Å². The van der Waals surface area contributed by atoms with Gasteiger partial charge in [-0.3, -0.25) is 9.59 Å². The molecule has 5 heteroatoms. The fourth-order valence-corrected chi connectivity index (χ4v) is 5.45. The average molecular weight is 548 g/mol. The third kappa shape index (κ3) is 7.30. The quantitative estimate of drug-likeness (QED) is 0.338. The Kier molecular flexibility index (Phi) is 9.35. The molecule has 0 radical (unpaired) electrons. The van der Waals surface area contributed by atoms with Gasteiger partial charge in [0.2, 0.25) is 11.8 Å². The molecule has 4 rings (SSSR count). The Hall–Kier alpha value is -2.92. The van der Waals surface area contributed by atoms with Gasteiger partial charge in [-0.1, -0.05) is 102 Å². The number of hydrogen-bond acceptors (Lipinski definition) is 2. The summed E-state index contributed by atoms with van der Waals surface area (Å²) >= 11 is 3.56. The predicted molar refractivity (Wildman–Crippen MR) is 149 cm³/mol. The number of aryl methyl sites for hydroxylation is 1. The number of hydrogen-bond donors (Lipinski definition) is 1. The van der Waals surface area contributed by atoms with E-state index < -0.39 is 6.04 Å². The summed E-state index contributed by atoms with van der Waals surface area (Å²) in [5.74, 6) is -0.0946. The van der Waals surface area contributed by atoms with Crippen molar-refractivity contribution in [3.63, 3.8) is 0 Å². The van der Waals surface area contributed by atoms with Gasteiger partial charge in [0.1, 0.15) is 6.04 Å². The molecule has 0 aliphatic heterocycles. The molecule has 0 aromatic heterocycles. The Balaban J connectivity index is 1.66. The summed E-state index contributed by atoms with van der Waals surface area (Å²) in [4.78, 5) is 29.5. The van der Waals surface area contributed by atoms with Crippen LogP contribution in [-0.2, 0) is 29.0 Å². The van der Waals surface area contributed by atoms with Gasteiger partial charge in [-0.2, -0.15) is 0 Å². The zero-order chi connectivity index (χ0) is 25.3. The molecule has 36 heavy (non-hydrogen) atoms. The van der Waals surface area contributed by atoms with Crippen molar-refractivity contribution in [1.29, 1.82) is 0 Å². The summed E-state index contributed by atoms with van der Waals surface area (Å²) in [5, 5.41) is 3.30. The lowest BCUT2D eigenvalue weighted by Crippen LogP contribution is -2.53. The molecule has 1 fully saturated rings. The zero-order valence-electron chi connectivity index (χ0n) is 21.0. The molecule has 0 heterocycles. The van der Waals surface area contributed by atoms with Crippen LogP contribution in [0.25, 0.3) is 0 Å². The van der Waals surface area contributed by atoms with Crippen LogP contribution in [0.15, 0.2) is 83.3 Å². The van der Waals surface area contributed by atoms with Crippen LogP contribution in [0.2, 0.25) is 0 Å². The third-order valence-corrected chi connectivity index (χ3v) is 7.56. The molecule has 1 N–H and O–H groups in total. The molecule has 0 unspecified atom stereocenters. The number of nitrogens with zero attached hydrogens (tertiary/aromatic N) is 1. The fourth-order valence-electron chi connectivity index (χ4n) is 5.00. The van der Waals surface area contributed by atoms with Gasteiger partial charge in [0.15, 0.2) is 0 Å². The molecule has 3 aromatic carbocycles. The number of carbonyl (C=O) groups excluding carboxylic acids is 2. The molecular weight excluding hydrogens is 512 g/mol. The lowest BCUT2D eigenvalue weighted by Gasteiger charge is -2.33. The molecule has 1 aliphatic rings. The number of rotatable bonds is 9. The second-order valence-electron chi connectivity index (χ2n) is 9.80. The smallest absolute Gasteiger partial charge is 0.243 e. The summed E-state index contributed by atoms with van der Waals surface area (Å²) in [6, 6.07) is 25.5. The maximum atomic E-state index is 13.9. The van der Waals surface area contributed by atoms with Crippen molar-refractivity contribution in [2.45, 2.75) is 70.5 Å². The maximum absolute atomic E-state index is 13.9. The van der Waals surface area contributed by atoms with Crippen LogP contribution in [0.3, 0.4) is 0 Å². The van der Waals surface area contributed by atoms with Crippen LogP contribution in [0.4, 0.5) is 0 Å². The third-order valence-electron chi connectivity index (χ3n) is 7.07. The van der Waals surface area contributed by atoms with E-state index in [1.807, 2.05) is 85.8 Å². The second-order valence-corrected chi connectivity index (χ2v) is 10.7. The Morgan fingerprint density at radius 3 is 2.33 bits per heavy atom. The molecule has 4 nitrogen and oxygen atoms in total. The van der Waals surface area contributed by atoms with Crippen molar-refractivity contribution < 1.29 is 9.59 Å². The first-order valence-corrected chi connectivity index (χ1v) is 13.7. The molecule has 0 saturated heterocycles. The van der Waals surface area contributed by atoms with Crippen molar-refractivity contribution in [3.05, 3.63) is 106 Å². The summed E-state index contributed by atoms with van der Waals surface area (Å²) in [6.45, 7) is 2.40. The lowest BCUT2D eigenvalue weighted by atomic mass is 9.94. The van der Waals surface area contributed by atoms with Crippen LogP contribution >= 0.6 is 15.9 Å². The number of amides is 2. The SMILES string of the molecule is Cc1ccccc1CC(=O)N(Cc1cccc(Br)c1)[C@H](Cc1ccccc1)C(=O)NC1CCCCC1. The fraction of sp³-hybridized carbons (Fsp3) is 0.355. The van der Waals surface area contributed by atoms with E-state index in [1.54, 1.807) is 4.90 Å². The summed E-state index contributed by atoms with van der Waals surface area (Å²) in [5.41, 5.74) is 4.11. The average Bonchev–Trinajstić information content (AvgIpc) is 2.88. The zero-order valence-corrected chi connectivity index (χ0v) is 22.5. The lowest BCUT2D eigenvalue weighted by molar-refractivity contribution is -0.141. The Labute approximate surface area is 223 Å². The predicted octanol–water partition coefficient (Wildman–Crippen LogP) is 6.39. The van der Waals surface area contributed by atoms with Crippen molar-refractivity contribution >= 4 is 27.7 Å². The van der Waals surface area contributed by atoms with Crippen LogP contribution < -0.4 is 5.32 Å². The van der Waals surface area contributed by atoms with Crippen molar-refractivity contribution in [2.24, 2.45) is 0 Å². The maximum Gasteiger partial charge on any atom is 0.243 e. The first-order chi connectivity index (χ1) is 17.5. The van der Waals surface area contributed by atoms with Crippen molar-refractivity contribution in [3.8, 4) is 0 Å². The minimum absolute atomic E-state index is 0.0380. The van der Waals surface area contributed by atoms with E-state index in [0.717, 1.165) is 52.4 Å². The first-order valence-electron chi connectivity index (χ1n) is 12.9. The standard InChI is InChI=1S/C31H35BrN2O2/c1-23-11-8-9-15-26(23)21-30(35)34(22-25-14-10-16-27(32)19-25)29(20-24-12-4-2-5-13-24)31(36)33-28-17-6-3-7-18-28/h2,4-5,8-16,19,28-29H,3,6-7,17-18,20-22H2,1H3,(H,33,36)/t29-/m1/s1. The van der Waals surface area contributed by atoms with E-state index in [2.05, 4.69) is 21.2 Å². The van der Waals surface area contributed by atoms with Gasteiger partial charge in [-0.15, -0.1) is 0 Å². The van der Waals surface area contributed by atoms with Gasteiger partial charge in [0.05, 0.1) is 6.42 Å². The van der Waals surface area contributed by atoms with Crippen LogP contribution in [0.5, 0.6) is 0 Å². The highest BCUT2D eigenvalue weighted by Crippen LogP contribution is 2.22. The van der Waals surface area contributed by atoms with E-state index in [4.69, 9.17) is 0 Å². The van der Waals surface area contributed by atoms with Gasteiger partial charge in [-0.05, 0) is 54.2 Å². The van der Waals surface area contributed by atoms with Gasteiger partial charge >= 0.3 is 0 Å². The second kappa shape index (κ2) is 12.9. The van der Waals surface area contributed by atoms with E-state index in [0.29, 0.717) is 13.0 Å². The van der Waals surface area contributed by atoms with Gasteiger partial charge in [-0.25, -0.2) is 0 Å². The van der Waals surface area contributed by atoms with Crippen LogP contribution in [-0.4, -0.2) is 28.8 Å². The Morgan fingerprint density at radius 1 is 0.917 bits per heavy atom. The highest BCUT2D eigenvalue weighted by molar-refractivity contribution is 9.10. The van der Waals surface area contributed by atoms with Crippen LogP contribution in [0, 0.1) is 6.92 Å². The van der Waals surface area contributed by atoms with Gasteiger partial charge in [0, 0.05) is 23.5 Å². The van der Waals surface area contributed by atoms with Crippen molar-refractivity contribution in [1.82, 2.24) is 10.2 Å².